The van der Waals surface area contributed by atoms with Crippen molar-refractivity contribution in [2.24, 2.45) is 0 Å². The molecule has 1 amide bonds. The molecule has 1 atom stereocenters. The van der Waals surface area contributed by atoms with Gasteiger partial charge in [0.1, 0.15) is 0 Å². The number of benzene rings is 1. The maximum absolute atomic E-state index is 13.6. The first-order valence-electron chi connectivity index (χ1n) is 7.16. The number of amides is 1. The van der Waals surface area contributed by atoms with Crippen molar-refractivity contribution in [1.29, 1.82) is 0 Å². The minimum Gasteiger partial charge on any atom is -0.434 e. The molecule has 2 heterocycles. The van der Waals surface area contributed by atoms with Crippen LogP contribution in [0.15, 0.2) is 36.7 Å². The van der Waals surface area contributed by atoms with E-state index >= 15 is 0 Å². The lowest BCUT2D eigenvalue weighted by atomic mass is 10.1. The Morgan fingerprint density at radius 2 is 2.18 bits per heavy atom. The Bertz CT molecular complexity index is 693. The van der Waals surface area contributed by atoms with Crippen molar-refractivity contribution in [3.05, 3.63) is 48.2 Å². The van der Waals surface area contributed by atoms with E-state index in [4.69, 9.17) is 4.74 Å². The number of carbonyl (C=O) groups excluding carboxylic acids is 1. The Kier molecular flexibility index (Phi) is 4.00. The van der Waals surface area contributed by atoms with Gasteiger partial charge in [0.05, 0.1) is 24.1 Å². The smallest absolute Gasteiger partial charge is 0.238 e. The molecule has 6 heteroatoms. The molecule has 1 aromatic carbocycles. The zero-order chi connectivity index (χ0) is 15.5. The molecule has 5 nitrogen and oxygen atoms in total. The van der Waals surface area contributed by atoms with Crippen LogP contribution in [0.3, 0.4) is 0 Å². The van der Waals surface area contributed by atoms with Gasteiger partial charge in [0.2, 0.25) is 11.8 Å². The van der Waals surface area contributed by atoms with Crippen LogP contribution in [0.1, 0.15) is 31.5 Å². The maximum Gasteiger partial charge on any atom is 0.238 e. The standard InChI is InChI=1S/C16H16FN3O2/c1-11(21)20-8-4-6-14(20)13-9-18-10-16(19-13)22-15-7-3-2-5-12(15)17/h2-3,5,7,9-10,14H,4,6,8H2,1H3/t14-/m1/s1. The van der Waals surface area contributed by atoms with Gasteiger partial charge < -0.3 is 9.64 Å². The van der Waals surface area contributed by atoms with Gasteiger partial charge in [-0.25, -0.2) is 9.37 Å². The Morgan fingerprint density at radius 3 is 2.95 bits per heavy atom. The fourth-order valence-corrected chi connectivity index (χ4v) is 2.66. The van der Waals surface area contributed by atoms with Gasteiger partial charge in [-0.2, -0.15) is 0 Å². The number of rotatable bonds is 3. The van der Waals surface area contributed by atoms with Crippen LogP contribution in [0.25, 0.3) is 0 Å². The highest BCUT2D eigenvalue weighted by atomic mass is 19.1. The van der Waals surface area contributed by atoms with Crippen LogP contribution in [0.4, 0.5) is 4.39 Å². The van der Waals surface area contributed by atoms with Crippen LogP contribution in [-0.4, -0.2) is 27.3 Å². The summed E-state index contributed by atoms with van der Waals surface area (Å²) in [6, 6.07) is 6.04. The van der Waals surface area contributed by atoms with E-state index in [1.54, 1.807) is 30.2 Å². The van der Waals surface area contributed by atoms with E-state index in [0.29, 0.717) is 5.69 Å². The van der Waals surface area contributed by atoms with Crippen LogP contribution >= 0.6 is 0 Å². The van der Waals surface area contributed by atoms with Crippen molar-refractivity contribution in [3.63, 3.8) is 0 Å². The summed E-state index contributed by atoms with van der Waals surface area (Å²) in [6.45, 7) is 2.27. The van der Waals surface area contributed by atoms with Crippen molar-refractivity contribution in [2.75, 3.05) is 6.54 Å². The lowest BCUT2D eigenvalue weighted by Crippen LogP contribution is -2.28. The number of nitrogens with zero attached hydrogens (tertiary/aromatic N) is 3. The van der Waals surface area contributed by atoms with Crippen LogP contribution in [0, 0.1) is 5.82 Å². The quantitative estimate of drug-likeness (QED) is 0.874. The number of hydrogen-bond donors (Lipinski definition) is 0. The summed E-state index contributed by atoms with van der Waals surface area (Å²) in [7, 11) is 0. The molecule has 2 aromatic rings. The molecular weight excluding hydrogens is 285 g/mol. The molecule has 114 valence electrons. The monoisotopic (exact) mass is 301 g/mol. The molecule has 22 heavy (non-hydrogen) atoms. The number of carbonyl (C=O) groups is 1. The van der Waals surface area contributed by atoms with E-state index in [-0.39, 0.29) is 23.6 Å². The third-order valence-electron chi connectivity index (χ3n) is 3.68. The largest absolute Gasteiger partial charge is 0.434 e. The van der Waals surface area contributed by atoms with Gasteiger partial charge in [-0.1, -0.05) is 12.1 Å². The van der Waals surface area contributed by atoms with Crippen LogP contribution in [0.5, 0.6) is 11.6 Å². The fraction of sp³-hybridized carbons (Fsp3) is 0.312. The lowest BCUT2D eigenvalue weighted by molar-refractivity contribution is -0.129. The molecule has 0 bridgehead atoms. The summed E-state index contributed by atoms with van der Waals surface area (Å²) >= 11 is 0. The van der Waals surface area contributed by atoms with Crippen molar-refractivity contribution in [1.82, 2.24) is 14.9 Å². The highest BCUT2D eigenvalue weighted by Crippen LogP contribution is 2.31. The second-order valence-corrected chi connectivity index (χ2v) is 5.19. The molecule has 0 radical (unpaired) electrons. The van der Waals surface area contributed by atoms with E-state index < -0.39 is 5.82 Å². The van der Waals surface area contributed by atoms with E-state index in [9.17, 15) is 9.18 Å². The molecule has 3 rings (SSSR count). The molecule has 1 fully saturated rings. The normalized spacial score (nSPS) is 17.5. The highest BCUT2D eigenvalue weighted by molar-refractivity contribution is 5.74. The third-order valence-corrected chi connectivity index (χ3v) is 3.68. The first kappa shape index (κ1) is 14.4. The van der Waals surface area contributed by atoms with Crippen molar-refractivity contribution in [2.45, 2.75) is 25.8 Å². The summed E-state index contributed by atoms with van der Waals surface area (Å²) in [4.78, 5) is 21.9. The van der Waals surface area contributed by atoms with Gasteiger partial charge in [0, 0.05) is 13.5 Å². The topological polar surface area (TPSA) is 55.3 Å². The first-order chi connectivity index (χ1) is 10.6. The Hall–Kier alpha value is -2.50. The molecule has 0 saturated carbocycles. The van der Waals surface area contributed by atoms with Crippen molar-refractivity contribution < 1.29 is 13.9 Å². The average Bonchev–Trinajstić information content (AvgIpc) is 3.00. The minimum atomic E-state index is -0.457. The molecule has 1 aromatic heterocycles. The Labute approximate surface area is 127 Å². The number of halogens is 1. The predicted molar refractivity (Wildman–Crippen MR) is 77.9 cm³/mol. The molecule has 0 N–H and O–H groups in total. The summed E-state index contributed by atoms with van der Waals surface area (Å²) in [5.41, 5.74) is 0.668. The predicted octanol–water partition coefficient (Wildman–Crippen LogP) is 3.09. The summed E-state index contributed by atoms with van der Waals surface area (Å²) in [5.74, 6) is -0.118. The second kappa shape index (κ2) is 6.09. The maximum atomic E-state index is 13.6. The van der Waals surface area contributed by atoms with Gasteiger partial charge in [0.15, 0.2) is 11.6 Å². The molecule has 1 aliphatic heterocycles. The molecule has 1 aliphatic rings. The lowest BCUT2D eigenvalue weighted by Gasteiger charge is -2.22. The Balaban J connectivity index is 1.84. The highest BCUT2D eigenvalue weighted by Gasteiger charge is 2.29. The van der Waals surface area contributed by atoms with E-state index in [1.807, 2.05) is 0 Å². The second-order valence-electron chi connectivity index (χ2n) is 5.19. The number of ether oxygens (including phenoxy) is 1. The number of aromatic nitrogens is 2. The van der Waals surface area contributed by atoms with Crippen LogP contribution in [0.2, 0.25) is 0 Å². The molecule has 0 unspecified atom stereocenters. The number of hydrogen-bond acceptors (Lipinski definition) is 4. The van der Waals surface area contributed by atoms with E-state index in [2.05, 4.69) is 9.97 Å². The molecular formula is C16H16FN3O2. The summed E-state index contributed by atoms with van der Waals surface area (Å²) in [6.07, 6.45) is 4.84. The van der Waals surface area contributed by atoms with E-state index in [0.717, 1.165) is 19.4 Å². The van der Waals surface area contributed by atoms with Gasteiger partial charge in [-0.05, 0) is 25.0 Å². The SMILES string of the molecule is CC(=O)N1CCC[C@@H]1c1cncc(Oc2ccccc2F)n1. The van der Waals surface area contributed by atoms with Crippen molar-refractivity contribution >= 4 is 5.91 Å². The molecule has 0 spiro atoms. The first-order valence-corrected chi connectivity index (χ1v) is 7.16. The summed E-state index contributed by atoms with van der Waals surface area (Å²) < 4.78 is 19.1. The minimum absolute atomic E-state index is 0.0183. The fourth-order valence-electron chi connectivity index (χ4n) is 2.66. The Morgan fingerprint density at radius 1 is 1.36 bits per heavy atom. The van der Waals surface area contributed by atoms with Crippen LogP contribution < -0.4 is 4.74 Å². The summed E-state index contributed by atoms with van der Waals surface area (Å²) in [5, 5.41) is 0. The van der Waals surface area contributed by atoms with Gasteiger partial charge in [-0.3, -0.25) is 9.78 Å². The number of para-hydroxylation sites is 1. The van der Waals surface area contributed by atoms with Crippen molar-refractivity contribution in [3.8, 4) is 11.6 Å². The van der Waals surface area contributed by atoms with Gasteiger partial charge in [0.25, 0.3) is 0 Å². The average molecular weight is 301 g/mol. The van der Waals surface area contributed by atoms with Gasteiger partial charge >= 0.3 is 0 Å². The van der Waals surface area contributed by atoms with Crippen LogP contribution in [-0.2, 0) is 4.79 Å². The molecule has 0 aliphatic carbocycles. The van der Waals surface area contributed by atoms with Gasteiger partial charge in [-0.15, -0.1) is 0 Å². The zero-order valence-corrected chi connectivity index (χ0v) is 12.2. The third kappa shape index (κ3) is 2.90. The number of likely N-dealkylation sites (tertiary alicyclic amines) is 1. The zero-order valence-electron chi connectivity index (χ0n) is 12.2. The molecule has 1 saturated heterocycles. The van der Waals surface area contributed by atoms with E-state index in [1.165, 1.54) is 18.3 Å².